The summed E-state index contributed by atoms with van der Waals surface area (Å²) >= 11 is 4.70. The summed E-state index contributed by atoms with van der Waals surface area (Å²) in [6, 6.07) is 7.12. The van der Waals surface area contributed by atoms with Crippen molar-refractivity contribution in [3.05, 3.63) is 55.4 Å². The monoisotopic (exact) mass is 341 g/mol. The first kappa shape index (κ1) is 14.2. The Hall–Kier alpha value is -1.20. The molecule has 0 unspecified atom stereocenters. The quantitative estimate of drug-likeness (QED) is 0.890. The summed E-state index contributed by atoms with van der Waals surface area (Å²) in [5.41, 5.74) is 2.10. The molecule has 0 aliphatic rings. The van der Waals surface area contributed by atoms with E-state index >= 15 is 0 Å². The fraction of sp³-hybridized carbons (Fsp3) is 0.214. The minimum Gasteiger partial charge on any atom is -0.347 e. The Morgan fingerprint density at radius 3 is 2.47 bits per heavy atom. The van der Waals surface area contributed by atoms with Crippen LogP contribution in [0.15, 0.2) is 28.1 Å². The van der Waals surface area contributed by atoms with Crippen molar-refractivity contribution in [3.8, 4) is 0 Å². The van der Waals surface area contributed by atoms with Crippen LogP contribution in [0.2, 0.25) is 0 Å². The number of carbonyl (C=O) groups is 1. The van der Waals surface area contributed by atoms with Crippen LogP contribution in [-0.2, 0) is 6.54 Å². The molecule has 2 rings (SSSR count). The second-order valence-corrected chi connectivity index (χ2v) is 6.79. The molecular formula is C14H13BrFNOS. The van der Waals surface area contributed by atoms with E-state index in [1.165, 1.54) is 11.3 Å². The smallest absolute Gasteiger partial charge is 0.261 e. The lowest BCUT2D eigenvalue weighted by atomic mass is 10.1. The highest BCUT2D eigenvalue weighted by atomic mass is 79.9. The standard InChI is InChI=1S/C14H13BrFNOS/c1-8-5-10(6-9(2)13(8)16)7-17-14(18)11-3-4-12(15)19-11/h3-6H,7H2,1-2H3,(H,17,18). The Labute approximate surface area is 123 Å². The maximum absolute atomic E-state index is 13.5. The molecule has 0 radical (unpaired) electrons. The van der Waals surface area contributed by atoms with Gasteiger partial charge in [0.1, 0.15) is 5.82 Å². The predicted octanol–water partition coefficient (Wildman–Crippen LogP) is 4.20. The van der Waals surface area contributed by atoms with Gasteiger partial charge in [0.25, 0.3) is 5.91 Å². The van der Waals surface area contributed by atoms with Gasteiger partial charge in [-0.15, -0.1) is 11.3 Å². The van der Waals surface area contributed by atoms with Crippen molar-refractivity contribution in [2.24, 2.45) is 0 Å². The minimum atomic E-state index is -0.183. The van der Waals surface area contributed by atoms with E-state index in [0.29, 0.717) is 22.5 Å². The molecule has 1 amide bonds. The van der Waals surface area contributed by atoms with Crippen molar-refractivity contribution >= 4 is 33.2 Å². The van der Waals surface area contributed by atoms with Gasteiger partial charge in [-0.2, -0.15) is 0 Å². The van der Waals surface area contributed by atoms with Gasteiger partial charge in [-0.3, -0.25) is 4.79 Å². The number of nitrogens with one attached hydrogen (secondary N) is 1. The Morgan fingerprint density at radius 2 is 1.95 bits per heavy atom. The molecule has 0 fully saturated rings. The molecule has 0 aliphatic heterocycles. The summed E-state index contributed by atoms with van der Waals surface area (Å²) in [5, 5.41) is 2.83. The summed E-state index contributed by atoms with van der Waals surface area (Å²) in [6.45, 7) is 3.85. The molecule has 1 aromatic carbocycles. The highest BCUT2D eigenvalue weighted by Crippen LogP contribution is 2.22. The molecular weight excluding hydrogens is 329 g/mol. The van der Waals surface area contributed by atoms with E-state index < -0.39 is 0 Å². The van der Waals surface area contributed by atoms with Crippen LogP contribution in [-0.4, -0.2) is 5.91 Å². The van der Waals surface area contributed by atoms with Crippen LogP contribution in [0.5, 0.6) is 0 Å². The number of benzene rings is 1. The van der Waals surface area contributed by atoms with Gasteiger partial charge in [-0.25, -0.2) is 4.39 Å². The normalized spacial score (nSPS) is 10.5. The van der Waals surface area contributed by atoms with Gasteiger partial charge in [0.2, 0.25) is 0 Å². The second kappa shape index (κ2) is 5.84. The van der Waals surface area contributed by atoms with Crippen molar-refractivity contribution in [2.45, 2.75) is 20.4 Å². The fourth-order valence-corrected chi connectivity index (χ4v) is 3.15. The molecule has 100 valence electrons. The molecule has 19 heavy (non-hydrogen) atoms. The first-order valence-electron chi connectivity index (χ1n) is 5.76. The number of thiophene rings is 1. The molecule has 0 spiro atoms. The SMILES string of the molecule is Cc1cc(CNC(=O)c2ccc(Br)s2)cc(C)c1F. The lowest BCUT2D eigenvalue weighted by Crippen LogP contribution is -2.21. The topological polar surface area (TPSA) is 29.1 Å². The van der Waals surface area contributed by atoms with Gasteiger partial charge >= 0.3 is 0 Å². The zero-order valence-electron chi connectivity index (χ0n) is 10.6. The van der Waals surface area contributed by atoms with E-state index in [0.717, 1.165) is 9.35 Å². The number of halogens is 2. The molecule has 0 bridgehead atoms. The van der Waals surface area contributed by atoms with E-state index in [1.807, 2.05) is 6.07 Å². The van der Waals surface area contributed by atoms with Gasteiger partial charge in [-0.1, -0.05) is 12.1 Å². The molecule has 1 N–H and O–H groups in total. The summed E-state index contributed by atoms with van der Waals surface area (Å²) in [7, 11) is 0. The van der Waals surface area contributed by atoms with E-state index in [-0.39, 0.29) is 11.7 Å². The van der Waals surface area contributed by atoms with Crippen molar-refractivity contribution in [1.29, 1.82) is 0 Å². The van der Waals surface area contributed by atoms with E-state index in [1.54, 1.807) is 32.0 Å². The zero-order valence-corrected chi connectivity index (χ0v) is 13.0. The summed E-state index contributed by atoms with van der Waals surface area (Å²) in [5.74, 6) is -0.299. The van der Waals surface area contributed by atoms with Crippen LogP contribution in [0.1, 0.15) is 26.4 Å². The van der Waals surface area contributed by atoms with Crippen molar-refractivity contribution in [1.82, 2.24) is 5.32 Å². The van der Waals surface area contributed by atoms with E-state index in [9.17, 15) is 9.18 Å². The number of carbonyl (C=O) groups excluding carboxylic acids is 1. The maximum atomic E-state index is 13.5. The minimum absolute atomic E-state index is 0.115. The van der Waals surface area contributed by atoms with Crippen molar-refractivity contribution < 1.29 is 9.18 Å². The average molecular weight is 342 g/mol. The lowest BCUT2D eigenvalue weighted by molar-refractivity contribution is 0.0955. The zero-order chi connectivity index (χ0) is 14.0. The van der Waals surface area contributed by atoms with Crippen LogP contribution < -0.4 is 5.32 Å². The predicted molar refractivity (Wildman–Crippen MR) is 79.1 cm³/mol. The number of aryl methyl sites for hydroxylation is 2. The molecule has 0 saturated carbocycles. The van der Waals surface area contributed by atoms with Crippen LogP contribution in [0.4, 0.5) is 4.39 Å². The average Bonchev–Trinajstić information content (AvgIpc) is 2.79. The third-order valence-corrected chi connectivity index (χ3v) is 4.37. The van der Waals surface area contributed by atoms with Gasteiger partial charge in [0, 0.05) is 6.54 Å². The number of hydrogen-bond donors (Lipinski definition) is 1. The maximum Gasteiger partial charge on any atom is 0.261 e. The molecule has 1 heterocycles. The molecule has 5 heteroatoms. The van der Waals surface area contributed by atoms with Crippen LogP contribution >= 0.6 is 27.3 Å². The Morgan fingerprint density at radius 1 is 1.32 bits per heavy atom. The van der Waals surface area contributed by atoms with Crippen molar-refractivity contribution in [3.63, 3.8) is 0 Å². The van der Waals surface area contributed by atoms with Crippen LogP contribution in [0.25, 0.3) is 0 Å². The highest BCUT2D eigenvalue weighted by molar-refractivity contribution is 9.11. The summed E-state index contributed by atoms with van der Waals surface area (Å²) in [6.07, 6.45) is 0. The summed E-state index contributed by atoms with van der Waals surface area (Å²) < 4.78 is 14.4. The largest absolute Gasteiger partial charge is 0.347 e. The Bertz CT molecular complexity index is 601. The number of hydrogen-bond acceptors (Lipinski definition) is 2. The molecule has 2 nitrogen and oxygen atoms in total. The van der Waals surface area contributed by atoms with E-state index in [4.69, 9.17) is 0 Å². The van der Waals surface area contributed by atoms with Gasteiger partial charge < -0.3 is 5.32 Å². The molecule has 2 aromatic rings. The number of amides is 1. The van der Waals surface area contributed by atoms with Crippen molar-refractivity contribution in [2.75, 3.05) is 0 Å². The third kappa shape index (κ3) is 3.42. The highest BCUT2D eigenvalue weighted by Gasteiger charge is 2.09. The van der Waals surface area contributed by atoms with E-state index in [2.05, 4.69) is 21.2 Å². The number of rotatable bonds is 3. The lowest BCUT2D eigenvalue weighted by Gasteiger charge is -2.08. The van der Waals surface area contributed by atoms with Crippen LogP contribution in [0.3, 0.4) is 0 Å². The van der Waals surface area contributed by atoms with Gasteiger partial charge in [0.15, 0.2) is 0 Å². The fourth-order valence-electron chi connectivity index (χ4n) is 1.84. The third-order valence-electron chi connectivity index (χ3n) is 2.75. The Kier molecular flexibility index (Phi) is 4.37. The first-order valence-corrected chi connectivity index (χ1v) is 7.37. The first-order chi connectivity index (χ1) is 8.97. The van der Waals surface area contributed by atoms with Crippen LogP contribution in [0, 0.1) is 19.7 Å². The molecule has 1 aromatic heterocycles. The van der Waals surface area contributed by atoms with Gasteiger partial charge in [-0.05, 0) is 58.6 Å². The molecule has 0 aliphatic carbocycles. The molecule has 0 atom stereocenters. The molecule has 0 saturated heterocycles. The Balaban J connectivity index is 2.05. The second-order valence-electron chi connectivity index (χ2n) is 4.33. The van der Waals surface area contributed by atoms with Gasteiger partial charge in [0.05, 0.1) is 8.66 Å². The summed E-state index contributed by atoms with van der Waals surface area (Å²) in [4.78, 5) is 12.5.